The highest BCUT2D eigenvalue weighted by molar-refractivity contribution is 5.89. The van der Waals surface area contributed by atoms with Gasteiger partial charge in [0.15, 0.2) is 11.5 Å². The van der Waals surface area contributed by atoms with Gasteiger partial charge < -0.3 is 9.84 Å². The second-order valence-electron chi connectivity index (χ2n) is 4.89. The first kappa shape index (κ1) is 11.3. The molecule has 3 rings (SSSR count). The first-order valence-electron chi connectivity index (χ1n) is 6.57. The number of hydrogen-bond donors (Lipinski definition) is 1. The van der Waals surface area contributed by atoms with E-state index in [1.54, 1.807) is 12.4 Å². The zero-order chi connectivity index (χ0) is 12.4. The number of fused-ring (bicyclic) bond motifs is 1. The molecule has 3 heteroatoms. The van der Waals surface area contributed by atoms with Crippen LogP contribution in [0.4, 0.5) is 0 Å². The molecule has 1 N–H and O–H groups in total. The molecule has 0 amide bonds. The Morgan fingerprint density at radius 1 is 1.11 bits per heavy atom. The maximum atomic E-state index is 10.2. The summed E-state index contributed by atoms with van der Waals surface area (Å²) >= 11 is 0. The van der Waals surface area contributed by atoms with Crippen LogP contribution in [0.15, 0.2) is 30.6 Å². The van der Waals surface area contributed by atoms with E-state index in [-0.39, 0.29) is 11.9 Å². The molecule has 0 unspecified atom stereocenters. The maximum absolute atomic E-state index is 10.2. The van der Waals surface area contributed by atoms with Crippen molar-refractivity contribution >= 4 is 10.8 Å². The predicted octanol–water partition coefficient (Wildman–Crippen LogP) is 3.65. The van der Waals surface area contributed by atoms with Gasteiger partial charge in [-0.2, -0.15) is 0 Å². The quantitative estimate of drug-likeness (QED) is 0.875. The molecule has 2 aromatic rings. The van der Waals surface area contributed by atoms with Crippen molar-refractivity contribution in [3.8, 4) is 11.5 Å². The standard InChI is InChI=1S/C15H17NO2/c17-15-13-8-9-16-10-11(13)6-7-14(15)18-12-4-2-1-3-5-12/h6-10,12,17H,1-5H2. The summed E-state index contributed by atoms with van der Waals surface area (Å²) in [5.41, 5.74) is 0. The fourth-order valence-corrected chi connectivity index (χ4v) is 2.59. The van der Waals surface area contributed by atoms with Gasteiger partial charge in [-0.25, -0.2) is 0 Å². The van der Waals surface area contributed by atoms with Gasteiger partial charge in [0.1, 0.15) is 0 Å². The predicted molar refractivity (Wildman–Crippen MR) is 70.9 cm³/mol. The molecular formula is C15H17NO2. The Kier molecular flexibility index (Phi) is 3.05. The molecule has 1 aromatic heterocycles. The molecule has 0 spiro atoms. The van der Waals surface area contributed by atoms with Crippen LogP contribution in [0.2, 0.25) is 0 Å². The minimum Gasteiger partial charge on any atom is -0.504 e. The highest BCUT2D eigenvalue weighted by atomic mass is 16.5. The summed E-state index contributed by atoms with van der Waals surface area (Å²) < 4.78 is 5.92. The van der Waals surface area contributed by atoms with Crippen molar-refractivity contribution in [1.29, 1.82) is 0 Å². The molecule has 1 aromatic carbocycles. The van der Waals surface area contributed by atoms with Crippen LogP contribution in [-0.4, -0.2) is 16.2 Å². The molecule has 0 aliphatic heterocycles. The number of ether oxygens (including phenoxy) is 1. The van der Waals surface area contributed by atoms with Crippen molar-refractivity contribution in [2.45, 2.75) is 38.2 Å². The Hall–Kier alpha value is -1.77. The van der Waals surface area contributed by atoms with Crippen molar-refractivity contribution in [1.82, 2.24) is 4.98 Å². The maximum Gasteiger partial charge on any atom is 0.165 e. The number of phenols is 1. The third kappa shape index (κ3) is 2.13. The lowest BCUT2D eigenvalue weighted by Gasteiger charge is -2.23. The van der Waals surface area contributed by atoms with Crippen LogP contribution in [0, 0.1) is 0 Å². The average molecular weight is 243 g/mol. The van der Waals surface area contributed by atoms with Gasteiger partial charge in [0.05, 0.1) is 6.10 Å². The van der Waals surface area contributed by atoms with Crippen molar-refractivity contribution in [3.63, 3.8) is 0 Å². The molecule has 94 valence electrons. The van der Waals surface area contributed by atoms with E-state index in [1.165, 1.54) is 19.3 Å². The van der Waals surface area contributed by atoms with Crippen LogP contribution in [0.5, 0.6) is 11.5 Å². The molecule has 1 fully saturated rings. The number of rotatable bonds is 2. The number of aromatic hydroxyl groups is 1. The summed E-state index contributed by atoms with van der Waals surface area (Å²) in [6.45, 7) is 0. The largest absolute Gasteiger partial charge is 0.504 e. The molecule has 0 radical (unpaired) electrons. The van der Waals surface area contributed by atoms with E-state index in [2.05, 4.69) is 4.98 Å². The lowest BCUT2D eigenvalue weighted by atomic mass is 9.98. The van der Waals surface area contributed by atoms with Crippen LogP contribution in [0.3, 0.4) is 0 Å². The van der Waals surface area contributed by atoms with E-state index < -0.39 is 0 Å². The average Bonchev–Trinajstić information content (AvgIpc) is 2.43. The van der Waals surface area contributed by atoms with Crippen LogP contribution in [0.1, 0.15) is 32.1 Å². The van der Waals surface area contributed by atoms with Crippen LogP contribution >= 0.6 is 0 Å². The Labute approximate surface area is 106 Å². The zero-order valence-electron chi connectivity index (χ0n) is 10.3. The number of aromatic nitrogens is 1. The highest BCUT2D eigenvalue weighted by Crippen LogP contribution is 2.36. The van der Waals surface area contributed by atoms with Crippen molar-refractivity contribution in [3.05, 3.63) is 30.6 Å². The number of hydrogen-bond acceptors (Lipinski definition) is 3. The van der Waals surface area contributed by atoms with E-state index in [4.69, 9.17) is 4.74 Å². The zero-order valence-corrected chi connectivity index (χ0v) is 10.3. The van der Waals surface area contributed by atoms with Crippen molar-refractivity contribution in [2.75, 3.05) is 0 Å². The Bertz CT molecular complexity index is 547. The van der Waals surface area contributed by atoms with Gasteiger partial charge in [0.2, 0.25) is 0 Å². The fraction of sp³-hybridized carbons (Fsp3) is 0.400. The lowest BCUT2D eigenvalue weighted by molar-refractivity contribution is 0.150. The van der Waals surface area contributed by atoms with E-state index in [0.717, 1.165) is 23.6 Å². The first-order chi connectivity index (χ1) is 8.84. The van der Waals surface area contributed by atoms with Gasteiger partial charge in [-0.3, -0.25) is 4.98 Å². The normalized spacial score (nSPS) is 16.9. The number of benzene rings is 1. The summed E-state index contributed by atoms with van der Waals surface area (Å²) in [6.07, 6.45) is 9.62. The number of phenolic OH excluding ortho intramolecular Hbond substituents is 1. The summed E-state index contributed by atoms with van der Waals surface area (Å²) in [5, 5.41) is 12.0. The van der Waals surface area contributed by atoms with E-state index in [1.807, 2.05) is 18.2 Å². The van der Waals surface area contributed by atoms with Crippen molar-refractivity contribution < 1.29 is 9.84 Å². The van der Waals surface area contributed by atoms with E-state index >= 15 is 0 Å². The first-order valence-corrected chi connectivity index (χ1v) is 6.57. The molecule has 18 heavy (non-hydrogen) atoms. The third-order valence-electron chi connectivity index (χ3n) is 3.60. The van der Waals surface area contributed by atoms with Crippen LogP contribution in [0.25, 0.3) is 10.8 Å². The van der Waals surface area contributed by atoms with Gasteiger partial charge in [-0.1, -0.05) is 6.42 Å². The van der Waals surface area contributed by atoms with E-state index in [9.17, 15) is 5.11 Å². The number of nitrogens with zero attached hydrogens (tertiary/aromatic N) is 1. The molecule has 1 saturated carbocycles. The SMILES string of the molecule is Oc1c(OC2CCCCC2)ccc2cnccc12. The second-order valence-corrected chi connectivity index (χ2v) is 4.89. The molecule has 1 aliphatic carbocycles. The molecule has 0 bridgehead atoms. The van der Waals surface area contributed by atoms with Gasteiger partial charge in [-0.15, -0.1) is 0 Å². The van der Waals surface area contributed by atoms with Gasteiger partial charge in [0.25, 0.3) is 0 Å². The summed E-state index contributed by atoms with van der Waals surface area (Å²) in [4.78, 5) is 4.05. The fourth-order valence-electron chi connectivity index (χ4n) is 2.59. The minimum atomic E-state index is 0.237. The van der Waals surface area contributed by atoms with Crippen molar-refractivity contribution in [2.24, 2.45) is 0 Å². The Morgan fingerprint density at radius 3 is 2.78 bits per heavy atom. The topological polar surface area (TPSA) is 42.4 Å². The lowest BCUT2D eigenvalue weighted by Crippen LogP contribution is -2.19. The molecular weight excluding hydrogens is 226 g/mol. The Balaban J connectivity index is 1.89. The third-order valence-corrected chi connectivity index (χ3v) is 3.60. The minimum absolute atomic E-state index is 0.237. The van der Waals surface area contributed by atoms with Crippen LogP contribution < -0.4 is 4.74 Å². The molecule has 1 aliphatic rings. The van der Waals surface area contributed by atoms with E-state index in [0.29, 0.717) is 5.75 Å². The number of pyridine rings is 1. The molecule has 3 nitrogen and oxygen atoms in total. The molecule has 1 heterocycles. The molecule has 0 saturated heterocycles. The summed E-state index contributed by atoms with van der Waals surface area (Å²) in [5.74, 6) is 0.834. The van der Waals surface area contributed by atoms with Gasteiger partial charge >= 0.3 is 0 Å². The van der Waals surface area contributed by atoms with Gasteiger partial charge in [0, 0.05) is 23.2 Å². The smallest absolute Gasteiger partial charge is 0.165 e. The van der Waals surface area contributed by atoms with Crippen LogP contribution in [-0.2, 0) is 0 Å². The van der Waals surface area contributed by atoms with Gasteiger partial charge in [-0.05, 0) is 43.9 Å². The summed E-state index contributed by atoms with van der Waals surface area (Å²) in [6, 6.07) is 5.60. The summed E-state index contributed by atoms with van der Waals surface area (Å²) in [7, 11) is 0. The molecule has 0 atom stereocenters. The monoisotopic (exact) mass is 243 g/mol. The highest BCUT2D eigenvalue weighted by Gasteiger charge is 2.17. The second kappa shape index (κ2) is 4.84. The Morgan fingerprint density at radius 2 is 1.94 bits per heavy atom.